The van der Waals surface area contributed by atoms with Gasteiger partial charge in [0, 0.05) is 10.9 Å². The van der Waals surface area contributed by atoms with Crippen molar-refractivity contribution in [1.82, 2.24) is 4.90 Å². The van der Waals surface area contributed by atoms with Gasteiger partial charge in [0.2, 0.25) is 0 Å². The van der Waals surface area contributed by atoms with Crippen LogP contribution < -0.4 is 5.73 Å². The predicted molar refractivity (Wildman–Crippen MR) is 86.8 cm³/mol. The number of unbranched alkanes of at least 4 members (excludes halogenated alkanes) is 1. The highest BCUT2D eigenvalue weighted by Crippen LogP contribution is 2.21. The van der Waals surface area contributed by atoms with E-state index in [1.54, 1.807) is 0 Å². The van der Waals surface area contributed by atoms with Crippen LogP contribution in [0.25, 0.3) is 0 Å². The molecule has 0 radical (unpaired) electrons. The van der Waals surface area contributed by atoms with E-state index in [1.165, 1.54) is 37.1 Å². The Labute approximate surface area is 123 Å². The third-order valence-electron chi connectivity index (χ3n) is 4.00. The molecular weight excluding hydrogens is 252 g/mol. The van der Waals surface area contributed by atoms with Crippen LogP contribution in [0.5, 0.6) is 0 Å². The third-order valence-corrected chi connectivity index (χ3v) is 4.89. The molecule has 1 rings (SSSR count). The van der Waals surface area contributed by atoms with E-state index in [1.807, 2.05) is 11.3 Å². The molecule has 0 fully saturated rings. The van der Waals surface area contributed by atoms with Crippen molar-refractivity contribution in [1.29, 1.82) is 0 Å². The number of rotatable bonds is 9. The number of nitrogens with two attached hydrogens (primary N) is 1. The molecule has 2 N–H and O–H groups in total. The van der Waals surface area contributed by atoms with E-state index in [4.69, 9.17) is 5.73 Å². The highest BCUT2D eigenvalue weighted by molar-refractivity contribution is 7.09. The molecule has 0 aliphatic heterocycles. The first-order valence-corrected chi connectivity index (χ1v) is 8.25. The summed E-state index contributed by atoms with van der Waals surface area (Å²) < 4.78 is 0. The molecule has 1 atom stereocenters. The van der Waals surface area contributed by atoms with Crippen molar-refractivity contribution in [2.45, 2.75) is 52.5 Å². The molecule has 0 aromatic carbocycles. The Morgan fingerprint density at radius 2 is 2.11 bits per heavy atom. The summed E-state index contributed by atoms with van der Waals surface area (Å²) in [6, 6.07) is 5.00. The average Bonchev–Trinajstić information content (AvgIpc) is 2.87. The van der Waals surface area contributed by atoms with Crippen molar-refractivity contribution in [2.75, 3.05) is 20.1 Å². The fourth-order valence-electron chi connectivity index (χ4n) is 2.16. The fraction of sp³-hybridized carbons (Fsp3) is 0.750. The van der Waals surface area contributed by atoms with Crippen molar-refractivity contribution in [2.24, 2.45) is 11.1 Å². The van der Waals surface area contributed by atoms with E-state index < -0.39 is 0 Å². The number of likely N-dealkylation sites (N-methyl/N-ethyl adjacent to an activating group) is 1. The van der Waals surface area contributed by atoms with E-state index in [0.717, 1.165) is 6.54 Å². The first-order chi connectivity index (χ1) is 8.94. The van der Waals surface area contributed by atoms with Gasteiger partial charge >= 0.3 is 0 Å². The van der Waals surface area contributed by atoms with Gasteiger partial charge in [0.05, 0.1) is 0 Å². The van der Waals surface area contributed by atoms with Crippen LogP contribution in [0.3, 0.4) is 0 Å². The normalized spacial score (nSPS) is 14.0. The predicted octanol–water partition coefficient (Wildman–Crippen LogP) is 3.77. The van der Waals surface area contributed by atoms with Gasteiger partial charge in [0.1, 0.15) is 0 Å². The molecule has 0 aliphatic rings. The Bertz CT molecular complexity index is 333. The smallest absolute Gasteiger partial charge is 0.0112 e. The quantitative estimate of drug-likeness (QED) is 0.699. The molecule has 0 aliphatic carbocycles. The van der Waals surface area contributed by atoms with Gasteiger partial charge in [-0.1, -0.05) is 26.3 Å². The second-order valence-electron chi connectivity index (χ2n) is 6.44. The second kappa shape index (κ2) is 8.03. The number of thiophene rings is 1. The van der Waals surface area contributed by atoms with Crippen molar-refractivity contribution >= 4 is 11.3 Å². The zero-order valence-corrected chi connectivity index (χ0v) is 13.8. The SMILES string of the molecule is CC(Cc1cccs1)N(C)CCCCC(C)(C)CN. The maximum atomic E-state index is 5.76. The maximum absolute atomic E-state index is 5.76. The first-order valence-electron chi connectivity index (χ1n) is 7.37. The molecule has 0 bridgehead atoms. The molecular formula is C16H30N2S. The van der Waals surface area contributed by atoms with E-state index in [-0.39, 0.29) is 0 Å². The summed E-state index contributed by atoms with van der Waals surface area (Å²) in [7, 11) is 2.24. The monoisotopic (exact) mass is 282 g/mol. The maximum Gasteiger partial charge on any atom is 0.0112 e. The number of nitrogens with zero attached hydrogens (tertiary/aromatic N) is 1. The summed E-state index contributed by atoms with van der Waals surface area (Å²) >= 11 is 1.86. The van der Waals surface area contributed by atoms with Gasteiger partial charge in [-0.25, -0.2) is 0 Å². The van der Waals surface area contributed by atoms with E-state index in [2.05, 4.69) is 50.2 Å². The fourth-order valence-corrected chi connectivity index (χ4v) is 2.99. The summed E-state index contributed by atoms with van der Waals surface area (Å²) in [5.74, 6) is 0. The molecule has 0 saturated carbocycles. The van der Waals surface area contributed by atoms with Gasteiger partial charge < -0.3 is 10.6 Å². The summed E-state index contributed by atoms with van der Waals surface area (Å²) in [4.78, 5) is 3.97. The third kappa shape index (κ3) is 6.55. The summed E-state index contributed by atoms with van der Waals surface area (Å²) in [6.45, 7) is 8.82. The molecule has 0 saturated heterocycles. The lowest BCUT2D eigenvalue weighted by molar-refractivity contribution is 0.242. The molecule has 2 nitrogen and oxygen atoms in total. The van der Waals surface area contributed by atoms with Crippen LogP contribution in [-0.4, -0.2) is 31.1 Å². The van der Waals surface area contributed by atoms with Gasteiger partial charge in [-0.3, -0.25) is 0 Å². The van der Waals surface area contributed by atoms with Crippen molar-refractivity contribution < 1.29 is 0 Å². The minimum absolute atomic E-state index is 0.307. The molecule has 19 heavy (non-hydrogen) atoms. The summed E-state index contributed by atoms with van der Waals surface area (Å²) in [5.41, 5.74) is 6.07. The molecule has 1 aromatic rings. The van der Waals surface area contributed by atoms with Crippen LogP contribution in [0.4, 0.5) is 0 Å². The van der Waals surface area contributed by atoms with Crippen LogP contribution in [-0.2, 0) is 6.42 Å². The molecule has 110 valence electrons. The van der Waals surface area contributed by atoms with Gasteiger partial charge in [-0.2, -0.15) is 0 Å². The van der Waals surface area contributed by atoms with Crippen LogP contribution in [0.1, 0.15) is 44.9 Å². The van der Waals surface area contributed by atoms with Gasteiger partial charge in [0.15, 0.2) is 0 Å². The Hall–Kier alpha value is -0.380. The van der Waals surface area contributed by atoms with E-state index in [9.17, 15) is 0 Å². The Kier molecular flexibility index (Phi) is 7.05. The second-order valence-corrected chi connectivity index (χ2v) is 7.47. The lowest BCUT2D eigenvalue weighted by Crippen LogP contribution is -2.31. The standard InChI is InChI=1S/C16H30N2S/c1-14(12-15-8-7-11-19-15)18(4)10-6-5-9-16(2,3)13-17/h7-8,11,14H,5-6,9-10,12-13,17H2,1-4H3. The highest BCUT2D eigenvalue weighted by Gasteiger charge is 2.15. The molecule has 0 amide bonds. The Morgan fingerprint density at radius 1 is 1.37 bits per heavy atom. The molecule has 1 unspecified atom stereocenters. The summed E-state index contributed by atoms with van der Waals surface area (Å²) in [5, 5.41) is 2.16. The number of hydrogen-bond donors (Lipinski definition) is 1. The van der Waals surface area contributed by atoms with Crippen molar-refractivity contribution in [3.05, 3.63) is 22.4 Å². The van der Waals surface area contributed by atoms with Gasteiger partial charge in [0.25, 0.3) is 0 Å². The van der Waals surface area contributed by atoms with Crippen LogP contribution >= 0.6 is 11.3 Å². The zero-order valence-electron chi connectivity index (χ0n) is 13.0. The van der Waals surface area contributed by atoms with Gasteiger partial charge in [-0.05, 0) is 63.2 Å². The molecule has 0 spiro atoms. The van der Waals surface area contributed by atoms with Crippen LogP contribution in [0.2, 0.25) is 0 Å². The largest absolute Gasteiger partial charge is 0.330 e. The molecule has 1 heterocycles. The van der Waals surface area contributed by atoms with Crippen LogP contribution in [0, 0.1) is 5.41 Å². The Morgan fingerprint density at radius 3 is 2.68 bits per heavy atom. The average molecular weight is 282 g/mol. The van der Waals surface area contributed by atoms with Crippen LogP contribution in [0.15, 0.2) is 17.5 Å². The van der Waals surface area contributed by atoms with E-state index in [0.29, 0.717) is 11.5 Å². The lowest BCUT2D eigenvalue weighted by atomic mass is 9.87. The molecule has 1 aromatic heterocycles. The van der Waals surface area contributed by atoms with E-state index >= 15 is 0 Å². The number of hydrogen-bond acceptors (Lipinski definition) is 3. The Balaban J connectivity index is 2.18. The van der Waals surface area contributed by atoms with Crippen molar-refractivity contribution in [3.8, 4) is 0 Å². The lowest BCUT2D eigenvalue weighted by Gasteiger charge is -2.26. The minimum Gasteiger partial charge on any atom is -0.330 e. The summed E-state index contributed by atoms with van der Waals surface area (Å²) in [6.07, 6.45) is 4.95. The highest BCUT2D eigenvalue weighted by atomic mass is 32.1. The topological polar surface area (TPSA) is 29.3 Å². The zero-order chi connectivity index (χ0) is 14.3. The molecule has 3 heteroatoms. The minimum atomic E-state index is 0.307. The first kappa shape index (κ1) is 16.7. The van der Waals surface area contributed by atoms with Gasteiger partial charge in [-0.15, -0.1) is 11.3 Å². The van der Waals surface area contributed by atoms with Crippen molar-refractivity contribution in [3.63, 3.8) is 0 Å².